The van der Waals surface area contributed by atoms with Crippen LogP contribution in [0.15, 0.2) is 12.4 Å². The van der Waals surface area contributed by atoms with E-state index in [4.69, 9.17) is 9.84 Å². The predicted molar refractivity (Wildman–Crippen MR) is 43.0 cm³/mol. The summed E-state index contributed by atoms with van der Waals surface area (Å²) in [6.45, 7) is 1.59. The zero-order chi connectivity index (χ0) is 8.39. The first kappa shape index (κ1) is 7.61. The van der Waals surface area contributed by atoms with Gasteiger partial charge in [0, 0.05) is 13.2 Å². The second-order valence-corrected chi connectivity index (χ2v) is 3.02. The van der Waals surface area contributed by atoms with Crippen molar-refractivity contribution in [1.29, 1.82) is 0 Å². The summed E-state index contributed by atoms with van der Waals surface area (Å²) in [4.78, 5) is 0. The first-order chi connectivity index (χ1) is 5.86. The molecule has 0 spiro atoms. The van der Waals surface area contributed by atoms with Crippen LogP contribution in [0.4, 0.5) is 0 Å². The molecule has 1 saturated heterocycles. The van der Waals surface area contributed by atoms with Crippen molar-refractivity contribution in [1.82, 2.24) is 9.78 Å². The molecule has 2 rings (SSSR count). The van der Waals surface area contributed by atoms with Crippen molar-refractivity contribution in [2.24, 2.45) is 0 Å². The smallest absolute Gasteiger partial charge is 0.153 e. The molecule has 0 aliphatic carbocycles. The summed E-state index contributed by atoms with van der Waals surface area (Å²) in [7, 11) is 0. The largest absolute Gasteiger partial charge is 0.505 e. The van der Waals surface area contributed by atoms with Crippen LogP contribution in [0.25, 0.3) is 0 Å². The number of hydrogen-bond donors (Lipinski definition) is 1. The van der Waals surface area contributed by atoms with E-state index in [2.05, 4.69) is 5.10 Å². The van der Waals surface area contributed by atoms with E-state index in [0.717, 1.165) is 26.1 Å². The van der Waals surface area contributed by atoms with Gasteiger partial charge in [-0.3, -0.25) is 4.68 Å². The predicted octanol–water partition coefficient (Wildman–Crippen LogP) is 0.940. The van der Waals surface area contributed by atoms with Crippen molar-refractivity contribution in [2.75, 3.05) is 13.2 Å². The van der Waals surface area contributed by atoms with Crippen LogP contribution in [0, 0.1) is 0 Å². The van der Waals surface area contributed by atoms with Gasteiger partial charge in [0.2, 0.25) is 0 Å². The molecule has 0 atom stereocenters. The molecule has 1 aromatic rings. The topological polar surface area (TPSA) is 47.3 Å². The van der Waals surface area contributed by atoms with Gasteiger partial charge in [0.15, 0.2) is 5.75 Å². The van der Waals surface area contributed by atoms with Crippen LogP contribution in [-0.4, -0.2) is 28.1 Å². The highest BCUT2D eigenvalue weighted by Crippen LogP contribution is 2.21. The third-order valence-electron chi connectivity index (χ3n) is 2.15. The van der Waals surface area contributed by atoms with Gasteiger partial charge >= 0.3 is 0 Å². The van der Waals surface area contributed by atoms with E-state index in [1.165, 1.54) is 6.20 Å². The first-order valence-electron chi connectivity index (χ1n) is 4.17. The molecule has 4 heteroatoms. The van der Waals surface area contributed by atoms with Gasteiger partial charge in [-0.15, -0.1) is 0 Å². The molecule has 0 unspecified atom stereocenters. The maximum Gasteiger partial charge on any atom is 0.153 e. The van der Waals surface area contributed by atoms with E-state index < -0.39 is 0 Å². The molecular weight excluding hydrogens is 156 g/mol. The van der Waals surface area contributed by atoms with E-state index in [9.17, 15) is 0 Å². The Labute approximate surface area is 70.8 Å². The van der Waals surface area contributed by atoms with E-state index in [1.807, 2.05) is 4.68 Å². The van der Waals surface area contributed by atoms with Crippen molar-refractivity contribution in [3.63, 3.8) is 0 Å². The Balaban J connectivity index is 2.08. The number of nitrogens with zero attached hydrogens (tertiary/aromatic N) is 2. The van der Waals surface area contributed by atoms with Crippen molar-refractivity contribution in [3.05, 3.63) is 12.4 Å². The van der Waals surface area contributed by atoms with Crippen LogP contribution < -0.4 is 0 Å². The van der Waals surface area contributed by atoms with E-state index >= 15 is 0 Å². The van der Waals surface area contributed by atoms with Crippen LogP contribution in [0.1, 0.15) is 18.9 Å². The number of ether oxygens (including phenoxy) is 1. The fourth-order valence-corrected chi connectivity index (χ4v) is 1.48. The van der Waals surface area contributed by atoms with Crippen LogP contribution in [-0.2, 0) is 4.74 Å². The van der Waals surface area contributed by atoms with Gasteiger partial charge < -0.3 is 9.84 Å². The fraction of sp³-hybridized carbons (Fsp3) is 0.625. The minimum absolute atomic E-state index is 0.237. The summed E-state index contributed by atoms with van der Waals surface area (Å²) in [5.74, 6) is 0.237. The lowest BCUT2D eigenvalue weighted by molar-refractivity contribution is 0.0662. The zero-order valence-electron chi connectivity index (χ0n) is 6.81. The van der Waals surface area contributed by atoms with E-state index in [-0.39, 0.29) is 5.75 Å². The average molecular weight is 168 g/mol. The van der Waals surface area contributed by atoms with Crippen LogP contribution >= 0.6 is 0 Å². The van der Waals surface area contributed by atoms with Gasteiger partial charge in [0.1, 0.15) is 0 Å². The zero-order valence-corrected chi connectivity index (χ0v) is 6.81. The summed E-state index contributed by atoms with van der Waals surface area (Å²) >= 11 is 0. The van der Waals surface area contributed by atoms with E-state index in [1.54, 1.807) is 6.20 Å². The van der Waals surface area contributed by atoms with Crippen molar-refractivity contribution in [3.8, 4) is 5.75 Å². The number of rotatable bonds is 1. The molecule has 4 nitrogen and oxygen atoms in total. The molecular formula is C8H12N2O2. The normalized spacial score (nSPS) is 19.7. The van der Waals surface area contributed by atoms with Crippen LogP contribution in [0.3, 0.4) is 0 Å². The quantitative estimate of drug-likeness (QED) is 0.678. The van der Waals surface area contributed by atoms with E-state index in [0.29, 0.717) is 6.04 Å². The molecule has 0 radical (unpaired) electrons. The fourth-order valence-electron chi connectivity index (χ4n) is 1.48. The summed E-state index contributed by atoms with van der Waals surface area (Å²) < 4.78 is 7.04. The molecule has 1 N–H and O–H groups in total. The van der Waals surface area contributed by atoms with Gasteiger partial charge in [-0.2, -0.15) is 5.10 Å². The van der Waals surface area contributed by atoms with Gasteiger partial charge in [-0.25, -0.2) is 0 Å². The Morgan fingerprint density at radius 1 is 1.50 bits per heavy atom. The maximum atomic E-state index is 9.07. The second-order valence-electron chi connectivity index (χ2n) is 3.02. The van der Waals surface area contributed by atoms with Crippen LogP contribution in [0.2, 0.25) is 0 Å². The standard InChI is InChI=1S/C8H12N2O2/c11-8-5-9-10(6-8)7-1-3-12-4-2-7/h5-7,11H,1-4H2. The Morgan fingerprint density at radius 2 is 2.25 bits per heavy atom. The molecule has 66 valence electrons. The molecule has 2 heterocycles. The highest BCUT2D eigenvalue weighted by Gasteiger charge is 2.15. The Morgan fingerprint density at radius 3 is 2.83 bits per heavy atom. The monoisotopic (exact) mass is 168 g/mol. The minimum Gasteiger partial charge on any atom is -0.505 e. The molecule has 12 heavy (non-hydrogen) atoms. The average Bonchev–Trinajstić information content (AvgIpc) is 2.54. The van der Waals surface area contributed by atoms with Crippen molar-refractivity contribution in [2.45, 2.75) is 18.9 Å². The maximum absolute atomic E-state index is 9.07. The molecule has 0 aromatic carbocycles. The Kier molecular flexibility index (Phi) is 1.99. The van der Waals surface area contributed by atoms with Gasteiger partial charge in [-0.1, -0.05) is 0 Å². The van der Waals surface area contributed by atoms with Gasteiger partial charge in [0.25, 0.3) is 0 Å². The molecule has 0 bridgehead atoms. The lowest BCUT2D eigenvalue weighted by atomic mass is 10.1. The van der Waals surface area contributed by atoms with Crippen molar-refractivity contribution < 1.29 is 9.84 Å². The minimum atomic E-state index is 0.237. The molecule has 0 saturated carbocycles. The highest BCUT2D eigenvalue weighted by molar-refractivity contribution is 5.09. The molecule has 1 aliphatic rings. The molecule has 0 amide bonds. The third-order valence-corrected chi connectivity index (χ3v) is 2.15. The number of aromatic nitrogens is 2. The Bertz CT molecular complexity index is 253. The number of aromatic hydroxyl groups is 1. The Hall–Kier alpha value is -1.03. The second kappa shape index (κ2) is 3.15. The molecule has 1 aliphatic heterocycles. The lowest BCUT2D eigenvalue weighted by Gasteiger charge is -2.21. The van der Waals surface area contributed by atoms with Gasteiger partial charge in [-0.05, 0) is 12.8 Å². The van der Waals surface area contributed by atoms with Crippen molar-refractivity contribution >= 4 is 0 Å². The summed E-state index contributed by atoms with van der Waals surface area (Å²) in [6.07, 6.45) is 5.10. The summed E-state index contributed by atoms with van der Waals surface area (Å²) in [5, 5.41) is 13.1. The summed E-state index contributed by atoms with van der Waals surface area (Å²) in [6, 6.07) is 0.402. The first-order valence-corrected chi connectivity index (χ1v) is 4.17. The third kappa shape index (κ3) is 1.43. The number of hydrogen-bond acceptors (Lipinski definition) is 3. The molecule has 1 aromatic heterocycles. The highest BCUT2D eigenvalue weighted by atomic mass is 16.5. The van der Waals surface area contributed by atoms with Gasteiger partial charge in [0.05, 0.1) is 18.4 Å². The SMILES string of the molecule is Oc1cnn(C2CCOCC2)c1. The lowest BCUT2D eigenvalue weighted by Crippen LogP contribution is -2.19. The summed E-state index contributed by atoms with van der Waals surface area (Å²) in [5.41, 5.74) is 0. The molecule has 1 fully saturated rings. The van der Waals surface area contributed by atoms with Crippen LogP contribution in [0.5, 0.6) is 5.75 Å².